The second kappa shape index (κ2) is 10.6. The van der Waals surface area contributed by atoms with Gasteiger partial charge in [-0.25, -0.2) is 0 Å². The Labute approximate surface area is 182 Å². The normalized spacial score (nSPS) is 14.9. The summed E-state index contributed by atoms with van der Waals surface area (Å²) in [5.41, 5.74) is 2.17. The Morgan fingerprint density at radius 3 is 2.39 bits per heavy atom. The molecule has 9 heteroatoms. The van der Waals surface area contributed by atoms with Crippen LogP contribution < -0.4 is 14.8 Å². The van der Waals surface area contributed by atoms with Gasteiger partial charge in [0.05, 0.1) is 19.1 Å². The zero-order valence-electron chi connectivity index (χ0n) is 18.2. The molecule has 0 aliphatic carbocycles. The number of non-ortho nitro benzene ring substituents is 1. The first-order chi connectivity index (χ1) is 15.0. The van der Waals surface area contributed by atoms with Crippen molar-refractivity contribution in [1.29, 1.82) is 0 Å². The number of nitrogens with zero attached hydrogens (tertiary/aromatic N) is 4. The summed E-state index contributed by atoms with van der Waals surface area (Å²) in [6.07, 6.45) is 0. The van der Waals surface area contributed by atoms with E-state index in [1.165, 1.54) is 12.1 Å². The lowest BCUT2D eigenvalue weighted by molar-refractivity contribution is -0.384. The van der Waals surface area contributed by atoms with E-state index in [-0.39, 0.29) is 5.69 Å². The molecule has 1 N–H and O–H groups in total. The molecule has 0 radical (unpaired) electrons. The number of nitro groups is 1. The highest BCUT2D eigenvalue weighted by Crippen LogP contribution is 2.25. The molecule has 0 aromatic heterocycles. The van der Waals surface area contributed by atoms with Crippen molar-refractivity contribution in [3.63, 3.8) is 0 Å². The van der Waals surface area contributed by atoms with Crippen LogP contribution in [0.4, 0.5) is 5.69 Å². The fourth-order valence-corrected chi connectivity index (χ4v) is 3.61. The van der Waals surface area contributed by atoms with Crippen LogP contribution >= 0.6 is 0 Å². The van der Waals surface area contributed by atoms with Crippen molar-refractivity contribution in [2.24, 2.45) is 4.99 Å². The molecule has 3 rings (SSSR count). The van der Waals surface area contributed by atoms with E-state index < -0.39 is 4.92 Å². The molecule has 0 bridgehead atoms. The summed E-state index contributed by atoms with van der Waals surface area (Å²) in [6, 6.07) is 12.4. The lowest BCUT2D eigenvalue weighted by Gasteiger charge is -2.36. The molecule has 0 unspecified atom stereocenters. The fourth-order valence-electron chi connectivity index (χ4n) is 3.61. The van der Waals surface area contributed by atoms with E-state index >= 15 is 0 Å². The summed E-state index contributed by atoms with van der Waals surface area (Å²) < 4.78 is 10.8. The molecule has 166 valence electrons. The van der Waals surface area contributed by atoms with Crippen LogP contribution in [0.2, 0.25) is 0 Å². The predicted molar refractivity (Wildman–Crippen MR) is 120 cm³/mol. The summed E-state index contributed by atoms with van der Waals surface area (Å²) in [5.74, 6) is 2.52. The second-order valence-electron chi connectivity index (χ2n) is 7.27. The first-order valence-corrected chi connectivity index (χ1v) is 10.2. The fraction of sp³-hybridized carbons (Fsp3) is 0.409. The van der Waals surface area contributed by atoms with Crippen LogP contribution in [0.1, 0.15) is 11.1 Å². The average molecular weight is 428 g/mol. The number of guanidine groups is 1. The Morgan fingerprint density at radius 1 is 1.10 bits per heavy atom. The zero-order chi connectivity index (χ0) is 22.2. The van der Waals surface area contributed by atoms with Gasteiger partial charge in [-0.15, -0.1) is 0 Å². The summed E-state index contributed by atoms with van der Waals surface area (Å²) in [6.45, 7) is 4.87. The van der Waals surface area contributed by atoms with Crippen molar-refractivity contribution in [1.82, 2.24) is 15.1 Å². The van der Waals surface area contributed by atoms with E-state index in [2.05, 4.69) is 20.1 Å². The smallest absolute Gasteiger partial charge is 0.269 e. The molecule has 0 saturated carbocycles. The molecule has 9 nitrogen and oxygen atoms in total. The van der Waals surface area contributed by atoms with E-state index in [4.69, 9.17) is 9.47 Å². The Bertz CT molecular complexity index is 909. The van der Waals surface area contributed by atoms with E-state index in [9.17, 15) is 10.1 Å². The number of hydrogen-bond donors (Lipinski definition) is 1. The minimum absolute atomic E-state index is 0.0944. The Morgan fingerprint density at radius 2 is 1.81 bits per heavy atom. The number of rotatable bonds is 7. The Hall–Kier alpha value is -3.33. The van der Waals surface area contributed by atoms with Crippen LogP contribution in [0, 0.1) is 10.1 Å². The van der Waals surface area contributed by atoms with Gasteiger partial charge in [0.1, 0.15) is 11.5 Å². The molecule has 1 aliphatic rings. The van der Waals surface area contributed by atoms with Gasteiger partial charge >= 0.3 is 0 Å². The Balaban J connectivity index is 1.52. The quantitative estimate of drug-likeness (QED) is 0.314. The van der Waals surface area contributed by atoms with Crippen LogP contribution in [-0.4, -0.2) is 68.1 Å². The average Bonchev–Trinajstić information content (AvgIpc) is 2.80. The summed E-state index contributed by atoms with van der Waals surface area (Å²) in [7, 11) is 5.12. The van der Waals surface area contributed by atoms with E-state index in [0.717, 1.165) is 61.3 Å². The monoisotopic (exact) mass is 427 g/mol. The van der Waals surface area contributed by atoms with Crippen LogP contribution in [-0.2, 0) is 13.1 Å². The van der Waals surface area contributed by atoms with Crippen molar-refractivity contribution in [3.05, 3.63) is 63.7 Å². The van der Waals surface area contributed by atoms with E-state index in [1.807, 2.05) is 18.2 Å². The molecule has 1 heterocycles. The number of ether oxygens (including phenoxy) is 2. The molecule has 1 fully saturated rings. The molecule has 1 aliphatic heterocycles. The number of hydrogen-bond acceptors (Lipinski definition) is 6. The SMILES string of the molecule is CN=C(NCc1ccc([N+](=O)[O-])cc1)N1CCN(Cc2cc(OC)ccc2OC)CC1. The minimum Gasteiger partial charge on any atom is -0.497 e. The third-order valence-corrected chi connectivity index (χ3v) is 5.36. The van der Waals surface area contributed by atoms with Gasteiger partial charge in [0.15, 0.2) is 5.96 Å². The topological polar surface area (TPSA) is 92.5 Å². The van der Waals surface area contributed by atoms with Gasteiger partial charge in [-0.2, -0.15) is 0 Å². The number of aliphatic imine (C=N–C) groups is 1. The summed E-state index contributed by atoms with van der Waals surface area (Å²) in [5, 5.41) is 14.1. The van der Waals surface area contributed by atoms with Crippen LogP contribution in [0.25, 0.3) is 0 Å². The molecule has 31 heavy (non-hydrogen) atoms. The predicted octanol–water partition coefficient (Wildman–Crippen LogP) is 2.51. The van der Waals surface area contributed by atoms with Gasteiger partial charge in [0.2, 0.25) is 0 Å². The van der Waals surface area contributed by atoms with E-state index in [1.54, 1.807) is 33.4 Å². The standard InChI is InChI=1S/C22H29N5O4/c1-23-22(24-15-17-4-6-19(7-5-17)27(28)29)26-12-10-25(11-13-26)16-18-14-20(30-2)8-9-21(18)31-3/h4-9,14H,10-13,15-16H2,1-3H3,(H,23,24). The number of methoxy groups -OCH3 is 2. The van der Waals surface area contributed by atoms with Crippen LogP contribution in [0.5, 0.6) is 11.5 Å². The van der Waals surface area contributed by atoms with Crippen LogP contribution in [0.15, 0.2) is 47.5 Å². The Kier molecular flexibility index (Phi) is 7.66. The zero-order valence-corrected chi connectivity index (χ0v) is 18.2. The van der Waals surface area contributed by atoms with Gasteiger partial charge in [0, 0.05) is 64.0 Å². The van der Waals surface area contributed by atoms with Crippen molar-refractivity contribution < 1.29 is 14.4 Å². The highest BCUT2D eigenvalue weighted by Gasteiger charge is 2.21. The first kappa shape index (κ1) is 22.4. The molecule has 0 spiro atoms. The second-order valence-corrected chi connectivity index (χ2v) is 7.27. The van der Waals surface area contributed by atoms with Gasteiger partial charge in [-0.1, -0.05) is 12.1 Å². The van der Waals surface area contributed by atoms with E-state index in [0.29, 0.717) is 6.54 Å². The molecule has 2 aromatic carbocycles. The molecule has 2 aromatic rings. The van der Waals surface area contributed by atoms with Crippen LogP contribution in [0.3, 0.4) is 0 Å². The highest BCUT2D eigenvalue weighted by atomic mass is 16.6. The van der Waals surface area contributed by atoms with Gasteiger partial charge in [-0.3, -0.25) is 20.0 Å². The number of nitrogens with one attached hydrogen (secondary N) is 1. The number of piperazine rings is 1. The highest BCUT2D eigenvalue weighted by molar-refractivity contribution is 5.80. The van der Waals surface area contributed by atoms with Crippen molar-refractivity contribution >= 4 is 11.6 Å². The first-order valence-electron chi connectivity index (χ1n) is 10.2. The summed E-state index contributed by atoms with van der Waals surface area (Å²) >= 11 is 0. The largest absolute Gasteiger partial charge is 0.497 e. The van der Waals surface area contributed by atoms with Gasteiger partial charge in [0.25, 0.3) is 5.69 Å². The van der Waals surface area contributed by atoms with Gasteiger partial charge in [-0.05, 0) is 23.8 Å². The maximum Gasteiger partial charge on any atom is 0.269 e. The molecular weight excluding hydrogens is 398 g/mol. The lowest BCUT2D eigenvalue weighted by Crippen LogP contribution is -2.52. The lowest BCUT2D eigenvalue weighted by atomic mass is 10.1. The maximum atomic E-state index is 10.8. The van der Waals surface area contributed by atoms with Gasteiger partial charge < -0.3 is 19.7 Å². The molecule has 0 amide bonds. The maximum absolute atomic E-state index is 10.8. The van der Waals surface area contributed by atoms with Crippen molar-refractivity contribution in [3.8, 4) is 11.5 Å². The van der Waals surface area contributed by atoms with Crippen molar-refractivity contribution in [2.45, 2.75) is 13.1 Å². The summed E-state index contributed by atoms with van der Waals surface area (Å²) in [4.78, 5) is 19.4. The molecule has 1 saturated heterocycles. The third-order valence-electron chi connectivity index (χ3n) is 5.36. The molecule has 0 atom stereocenters. The number of nitro benzene ring substituents is 1. The third kappa shape index (κ3) is 5.85. The minimum atomic E-state index is -0.392. The van der Waals surface area contributed by atoms with Crippen molar-refractivity contribution in [2.75, 3.05) is 47.4 Å². The number of benzene rings is 2. The molecular formula is C22H29N5O4.